The fraction of sp³-hybridized carbons (Fsp3) is 0.154. The van der Waals surface area contributed by atoms with Crippen LogP contribution in [0.4, 0.5) is 4.39 Å². The maximum absolute atomic E-state index is 15.3. The Morgan fingerprint density at radius 2 is 2.08 bits per heavy atom. The van der Waals surface area contributed by atoms with E-state index in [1.165, 1.54) is 23.5 Å². The van der Waals surface area contributed by atoms with Crippen LogP contribution in [0.5, 0.6) is 0 Å². The smallest absolute Gasteiger partial charge is 0.246 e. The van der Waals surface area contributed by atoms with Crippen LogP contribution in [0, 0.1) is 5.82 Å². The van der Waals surface area contributed by atoms with Crippen molar-refractivity contribution in [3.8, 4) is 33.8 Å². The fourth-order valence-corrected chi connectivity index (χ4v) is 5.73. The zero-order valence-corrected chi connectivity index (χ0v) is 20.9. The van der Waals surface area contributed by atoms with Crippen LogP contribution in [0.3, 0.4) is 0 Å². The number of hydrogen-bond acceptors (Lipinski definition) is 5. The summed E-state index contributed by atoms with van der Waals surface area (Å²) in [5.74, 6) is -0.550. The molecule has 0 saturated heterocycles. The maximum atomic E-state index is 15.3. The number of thiophene rings is 1. The van der Waals surface area contributed by atoms with Gasteiger partial charge in [0, 0.05) is 51.6 Å². The average molecular weight is 519 g/mol. The first-order valence-corrected chi connectivity index (χ1v) is 12.5. The number of hydrogen-bond donors (Lipinski definition) is 0. The van der Waals surface area contributed by atoms with Crippen molar-refractivity contribution in [2.75, 3.05) is 6.54 Å². The molecule has 0 saturated carbocycles. The molecule has 0 unspecified atom stereocenters. The highest BCUT2D eigenvalue weighted by molar-refractivity contribution is 7.18. The van der Waals surface area contributed by atoms with Crippen molar-refractivity contribution >= 4 is 38.9 Å². The van der Waals surface area contributed by atoms with Crippen molar-refractivity contribution < 1.29 is 9.18 Å². The SMILES string of the molecule is C=CC(=O)N1CCn2nc(-c3nc(-c4cnn(C)c4)c4ccsc4c3-c3ccc(Cl)cc3F)cc2C1. The van der Waals surface area contributed by atoms with Gasteiger partial charge in [0.1, 0.15) is 17.2 Å². The molecule has 1 aliphatic rings. The molecule has 0 fully saturated rings. The Labute approximate surface area is 215 Å². The van der Waals surface area contributed by atoms with E-state index < -0.39 is 5.82 Å². The first kappa shape index (κ1) is 22.6. The van der Waals surface area contributed by atoms with Crippen LogP contribution in [-0.4, -0.2) is 41.9 Å². The monoisotopic (exact) mass is 518 g/mol. The zero-order valence-electron chi connectivity index (χ0n) is 19.3. The topological polar surface area (TPSA) is 68.8 Å². The predicted molar refractivity (Wildman–Crippen MR) is 139 cm³/mol. The van der Waals surface area contributed by atoms with Gasteiger partial charge in [0.25, 0.3) is 0 Å². The first-order chi connectivity index (χ1) is 17.4. The van der Waals surface area contributed by atoms with Gasteiger partial charge >= 0.3 is 0 Å². The molecule has 6 rings (SSSR count). The molecule has 4 aromatic heterocycles. The number of pyridine rings is 1. The highest BCUT2D eigenvalue weighted by Crippen LogP contribution is 2.44. The zero-order chi connectivity index (χ0) is 25.0. The minimum Gasteiger partial charge on any atom is -0.331 e. The first-order valence-electron chi connectivity index (χ1n) is 11.3. The van der Waals surface area contributed by atoms with Crippen molar-refractivity contribution in [1.29, 1.82) is 0 Å². The van der Waals surface area contributed by atoms with Crippen LogP contribution >= 0.6 is 22.9 Å². The molecule has 0 radical (unpaired) electrons. The molecule has 0 bridgehead atoms. The molecule has 5 heterocycles. The van der Waals surface area contributed by atoms with Gasteiger partial charge in [-0.1, -0.05) is 18.2 Å². The lowest BCUT2D eigenvalue weighted by Gasteiger charge is -2.26. The Hall–Kier alpha value is -3.82. The Morgan fingerprint density at radius 1 is 1.22 bits per heavy atom. The highest BCUT2D eigenvalue weighted by atomic mass is 35.5. The second-order valence-electron chi connectivity index (χ2n) is 8.58. The van der Waals surface area contributed by atoms with E-state index >= 15 is 4.39 Å². The second kappa shape index (κ2) is 8.69. The summed E-state index contributed by atoms with van der Waals surface area (Å²) in [5.41, 5.74) is 4.73. The second-order valence-corrected chi connectivity index (χ2v) is 9.93. The molecule has 1 aliphatic heterocycles. The summed E-state index contributed by atoms with van der Waals surface area (Å²) < 4.78 is 19.8. The molecule has 5 aromatic rings. The van der Waals surface area contributed by atoms with Crippen molar-refractivity contribution in [3.63, 3.8) is 0 Å². The van der Waals surface area contributed by atoms with Gasteiger partial charge in [0.2, 0.25) is 5.91 Å². The molecular weight excluding hydrogens is 499 g/mol. The van der Waals surface area contributed by atoms with Gasteiger partial charge in [-0.2, -0.15) is 10.2 Å². The minimum absolute atomic E-state index is 0.120. The molecular formula is C26H20ClFN6OS. The minimum atomic E-state index is -0.430. The quantitative estimate of drug-likeness (QED) is 0.293. The number of nitrogens with zero attached hydrogens (tertiary/aromatic N) is 6. The molecule has 1 amide bonds. The lowest BCUT2D eigenvalue weighted by molar-refractivity contribution is -0.127. The number of carbonyl (C=O) groups is 1. The third-order valence-electron chi connectivity index (χ3n) is 6.31. The Balaban J connectivity index is 1.61. The van der Waals surface area contributed by atoms with Gasteiger partial charge in [-0.25, -0.2) is 9.37 Å². The van der Waals surface area contributed by atoms with E-state index in [1.807, 2.05) is 35.4 Å². The molecule has 0 N–H and O–H groups in total. The number of rotatable bonds is 4. The molecule has 0 aliphatic carbocycles. The average Bonchev–Trinajstić information content (AvgIpc) is 3.62. The summed E-state index contributed by atoms with van der Waals surface area (Å²) in [4.78, 5) is 19.0. The van der Waals surface area contributed by atoms with Crippen LogP contribution in [0.25, 0.3) is 43.9 Å². The third-order valence-corrected chi connectivity index (χ3v) is 7.48. The van der Waals surface area contributed by atoms with E-state index in [-0.39, 0.29) is 5.91 Å². The summed E-state index contributed by atoms with van der Waals surface area (Å²) >= 11 is 7.59. The standard InChI is InChI=1S/C26H20ClFN6OS/c1-3-22(35)33-7-8-34-17(14-33)11-21(31-34)25-23(18-5-4-16(27)10-20(18)28)26-19(6-9-36-26)24(30-25)15-12-29-32(2)13-15/h3-6,9-13H,1,7-8,14H2,2H3. The summed E-state index contributed by atoms with van der Waals surface area (Å²) in [7, 11) is 1.85. The number of aromatic nitrogens is 5. The maximum Gasteiger partial charge on any atom is 0.246 e. The predicted octanol–water partition coefficient (Wildman–Crippen LogP) is 5.55. The van der Waals surface area contributed by atoms with Crippen molar-refractivity contribution in [2.24, 2.45) is 7.05 Å². The van der Waals surface area contributed by atoms with Crippen LogP contribution < -0.4 is 0 Å². The van der Waals surface area contributed by atoms with Gasteiger partial charge < -0.3 is 4.90 Å². The van der Waals surface area contributed by atoms with Gasteiger partial charge in [0.15, 0.2) is 0 Å². The summed E-state index contributed by atoms with van der Waals surface area (Å²) in [6, 6.07) is 8.59. The summed E-state index contributed by atoms with van der Waals surface area (Å²) in [5, 5.41) is 12.4. The Kier molecular flexibility index (Phi) is 5.46. The normalized spacial score (nSPS) is 13.2. The molecule has 10 heteroatoms. The molecule has 180 valence electrons. The van der Waals surface area contributed by atoms with Crippen LogP contribution in [0.2, 0.25) is 5.02 Å². The Bertz CT molecular complexity index is 1670. The number of halogens is 2. The van der Waals surface area contributed by atoms with Crippen molar-refractivity contribution in [2.45, 2.75) is 13.1 Å². The number of amides is 1. The summed E-state index contributed by atoms with van der Waals surface area (Å²) in [6.07, 6.45) is 4.99. The molecule has 1 aromatic carbocycles. The number of aryl methyl sites for hydroxylation is 1. The van der Waals surface area contributed by atoms with E-state index in [2.05, 4.69) is 11.7 Å². The Morgan fingerprint density at radius 3 is 2.83 bits per heavy atom. The number of benzene rings is 1. The van der Waals surface area contributed by atoms with Gasteiger partial charge in [0.05, 0.1) is 30.7 Å². The van der Waals surface area contributed by atoms with E-state index in [1.54, 1.807) is 27.9 Å². The molecule has 0 atom stereocenters. The molecule has 36 heavy (non-hydrogen) atoms. The van der Waals surface area contributed by atoms with E-state index in [9.17, 15) is 4.79 Å². The van der Waals surface area contributed by atoms with Gasteiger partial charge in [-0.05, 0) is 41.8 Å². The van der Waals surface area contributed by atoms with Crippen molar-refractivity contribution in [3.05, 3.63) is 77.3 Å². The highest BCUT2D eigenvalue weighted by Gasteiger charge is 2.26. The lowest BCUT2D eigenvalue weighted by Crippen LogP contribution is -2.37. The number of carbonyl (C=O) groups excluding carboxylic acids is 1. The van der Waals surface area contributed by atoms with Gasteiger partial charge in [-0.3, -0.25) is 14.2 Å². The van der Waals surface area contributed by atoms with E-state index in [0.717, 1.165) is 27.0 Å². The van der Waals surface area contributed by atoms with Crippen LogP contribution in [0.15, 0.2) is 60.8 Å². The summed E-state index contributed by atoms with van der Waals surface area (Å²) in [6.45, 7) is 5.10. The molecule has 7 nitrogen and oxygen atoms in total. The largest absolute Gasteiger partial charge is 0.331 e. The van der Waals surface area contributed by atoms with E-state index in [0.29, 0.717) is 47.2 Å². The van der Waals surface area contributed by atoms with E-state index in [4.69, 9.17) is 21.7 Å². The van der Waals surface area contributed by atoms with Gasteiger partial charge in [-0.15, -0.1) is 11.3 Å². The van der Waals surface area contributed by atoms with Crippen LogP contribution in [-0.2, 0) is 24.9 Å². The van der Waals surface area contributed by atoms with Crippen molar-refractivity contribution in [1.82, 2.24) is 29.4 Å². The lowest BCUT2D eigenvalue weighted by atomic mass is 9.98. The number of fused-ring (bicyclic) bond motifs is 2. The fourth-order valence-electron chi connectivity index (χ4n) is 4.62. The van der Waals surface area contributed by atoms with Crippen LogP contribution in [0.1, 0.15) is 5.69 Å². The molecule has 0 spiro atoms. The third kappa shape index (κ3) is 3.71.